The Morgan fingerprint density at radius 2 is 1.64 bits per heavy atom. The van der Waals surface area contributed by atoms with Gasteiger partial charge < -0.3 is 5.11 Å². The zero-order valence-corrected chi connectivity index (χ0v) is 17.4. The first-order chi connectivity index (χ1) is 13.5. The van der Waals surface area contributed by atoms with Crippen LogP contribution in [0.2, 0.25) is 0 Å². The number of nitrogens with zero attached hydrogens (tertiary/aromatic N) is 2. The molecule has 0 aliphatic rings. The van der Waals surface area contributed by atoms with Crippen LogP contribution in [0.5, 0.6) is 0 Å². The first kappa shape index (κ1) is 18.6. The Bertz CT molecular complexity index is 1270. The van der Waals surface area contributed by atoms with Crippen molar-refractivity contribution in [2.75, 3.05) is 0 Å². The second-order valence-corrected chi connectivity index (χ2v) is 7.85. The van der Waals surface area contributed by atoms with Crippen LogP contribution in [0.3, 0.4) is 0 Å². The van der Waals surface area contributed by atoms with Crippen molar-refractivity contribution in [2.45, 2.75) is 0 Å². The van der Waals surface area contributed by atoms with Gasteiger partial charge in [0.1, 0.15) is 5.82 Å². The molecule has 0 unspecified atom stereocenters. The van der Waals surface area contributed by atoms with Crippen molar-refractivity contribution in [3.05, 3.63) is 91.6 Å². The maximum Gasteiger partial charge on any atom is 0.335 e. The highest BCUT2D eigenvalue weighted by Crippen LogP contribution is 2.29. The quantitative estimate of drug-likeness (QED) is 0.416. The number of rotatable bonds is 3. The van der Waals surface area contributed by atoms with Gasteiger partial charge in [-0.25, -0.2) is 9.78 Å². The average molecular weight is 500 g/mol. The zero-order chi connectivity index (χ0) is 19.8. The van der Waals surface area contributed by atoms with E-state index in [9.17, 15) is 9.59 Å². The Kier molecular flexibility index (Phi) is 4.87. The van der Waals surface area contributed by atoms with E-state index in [2.05, 4.69) is 31.9 Å². The molecule has 3 aromatic carbocycles. The van der Waals surface area contributed by atoms with E-state index in [1.165, 1.54) is 16.7 Å². The van der Waals surface area contributed by atoms with Crippen LogP contribution in [0.15, 0.2) is 80.5 Å². The summed E-state index contributed by atoms with van der Waals surface area (Å²) >= 11 is 6.90. The third-order valence-corrected chi connectivity index (χ3v) is 5.36. The van der Waals surface area contributed by atoms with Crippen molar-refractivity contribution in [1.29, 1.82) is 0 Å². The SMILES string of the molecule is O=C(O)c1ccc(-n2c(-c3ccccc3)nc3c(Br)cc(Br)cc3c2=O)cc1. The van der Waals surface area contributed by atoms with Crippen molar-refractivity contribution < 1.29 is 9.90 Å². The van der Waals surface area contributed by atoms with Gasteiger partial charge in [0.2, 0.25) is 0 Å². The summed E-state index contributed by atoms with van der Waals surface area (Å²) in [7, 11) is 0. The van der Waals surface area contributed by atoms with Gasteiger partial charge in [0.15, 0.2) is 0 Å². The Labute approximate surface area is 176 Å². The van der Waals surface area contributed by atoms with Crippen molar-refractivity contribution in [3.8, 4) is 17.1 Å². The molecule has 0 saturated heterocycles. The lowest BCUT2D eigenvalue weighted by atomic mass is 10.1. The number of hydrogen-bond donors (Lipinski definition) is 1. The molecule has 0 atom stereocenters. The Morgan fingerprint density at radius 3 is 2.29 bits per heavy atom. The largest absolute Gasteiger partial charge is 0.478 e. The molecule has 0 amide bonds. The Balaban J connectivity index is 2.09. The molecule has 1 N–H and O–H groups in total. The topological polar surface area (TPSA) is 72.2 Å². The van der Waals surface area contributed by atoms with Gasteiger partial charge in [0.05, 0.1) is 22.2 Å². The summed E-state index contributed by atoms with van der Waals surface area (Å²) in [4.78, 5) is 29.3. The Hall–Kier alpha value is -2.77. The fraction of sp³-hybridized carbons (Fsp3) is 0. The molecule has 5 nitrogen and oxygen atoms in total. The monoisotopic (exact) mass is 498 g/mol. The molecular formula is C21H12Br2N2O3. The second-order valence-electron chi connectivity index (χ2n) is 6.08. The van der Waals surface area contributed by atoms with Gasteiger partial charge in [-0.2, -0.15) is 0 Å². The van der Waals surface area contributed by atoms with Crippen LogP contribution in [0, 0.1) is 0 Å². The molecule has 28 heavy (non-hydrogen) atoms. The third-order valence-electron chi connectivity index (χ3n) is 4.30. The Morgan fingerprint density at radius 1 is 0.964 bits per heavy atom. The molecule has 0 bridgehead atoms. The molecule has 0 saturated carbocycles. The van der Waals surface area contributed by atoms with Crippen molar-refractivity contribution in [2.24, 2.45) is 0 Å². The molecule has 4 rings (SSSR count). The lowest BCUT2D eigenvalue weighted by Crippen LogP contribution is -2.22. The molecule has 0 aliphatic heterocycles. The van der Waals surface area contributed by atoms with Crippen molar-refractivity contribution in [3.63, 3.8) is 0 Å². The van der Waals surface area contributed by atoms with E-state index >= 15 is 0 Å². The number of aromatic carboxylic acids is 1. The number of carboxylic acids is 1. The van der Waals surface area contributed by atoms with Crippen LogP contribution >= 0.6 is 31.9 Å². The number of halogens is 2. The normalized spacial score (nSPS) is 10.9. The van der Waals surface area contributed by atoms with E-state index in [0.717, 1.165) is 10.0 Å². The van der Waals surface area contributed by atoms with Crippen molar-refractivity contribution >= 4 is 48.7 Å². The molecule has 138 valence electrons. The van der Waals surface area contributed by atoms with Crippen LogP contribution in [0.25, 0.3) is 28.0 Å². The summed E-state index contributed by atoms with van der Waals surface area (Å²) in [6.07, 6.45) is 0. The number of hydrogen-bond acceptors (Lipinski definition) is 3. The van der Waals surface area contributed by atoms with E-state index in [0.29, 0.717) is 26.9 Å². The minimum absolute atomic E-state index is 0.150. The second kappa shape index (κ2) is 7.33. The van der Waals surface area contributed by atoms with Gasteiger partial charge in [0.25, 0.3) is 5.56 Å². The number of benzene rings is 3. The average Bonchev–Trinajstić information content (AvgIpc) is 2.69. The molecule has 0 aliphatic carbocycles. The summed E-state index contributed by atoms with van der Waals surface area (Å²) in [5.74, 6) is -0.545. The number of carbonyl (C=O) groups is 1. The summed E-state index contributed by atoms with van der Waals surface area (Å²) < 4.78 is 2.97. The molecule has 1 heterocycles. The van der Waals surface area contributed by atoms with E-state index in [-0.39, 0.29) is 11.1 Å². The summed E-state index contributed by atoms with van der Waals surface area (Å²) in [5, 5.41) is 9.59. The minimum atomic E-state index is -1.02. The molecule has 0 fully saturated rings. The van der Waals surface area contributed by atoms with Crippen LogP contribution in [-0.2, 0) is 0 Å². The standard InChI is InChI=1S/C21H12Br2N2O3/c22-14-10-16-18(17(23)11-14)24-19(12-4-2-1-3-5-12)25(20(16)26)15-8-6-13(7-9-15)21(27)28/h1-11H,(H,27,28). The first-order valence-corrected chi connectivity index (χ1v) is 9.85. The predicted octanol–water partition coefficient (Wildman–Crippen LogP) is 5.28. The lowest BCUT2D eigenvalue weighted by Gasteiger charge is -2.15. The minimum Gasteiger partial charge on any atom is -0.478 e. The smallest absolute Gasteiger partial charge is 0.335 e. The maximum atomic E-state index is 13.4. The number of fused-ring (bicyclic) bond motifs is 1. The van der Waals surface area contributed by atoms with E-state index < -0.39 is 5.97 Å². The highest BCUT2D eigenvalue weighted by molar-refractivity contribution is 9.11. The summed E-state index contributed by atoms with van der Waals surface area (Å²) in [6, 6.07) is 19.1. The molecule has 0 spiro atoms. The molecule has 7 heteroatoms. The van der Waals surface area contributed by atoms with Gasteiger partial charge in [0, 0.05) is 14.5 Å². The van der Waals surface area contributed by atoms with Gasteiger partial charge >= 0.3 is 5.97 Å². The third kappa shape index (κ3) is 3.27. The summed E-state index contributed by atoms with van der Waals surface area (Å²) in [6.45, 7) is 0. The van der Waals surface area contributed by atoms with Crippen LogP contribution in [0.1, 0.15) is 10.4 Å². The van der Waals surface area contributed by atoms with Crippen LogP contribution in [-0.4, -0.2) is 20.6 Å². The maximum absolute atomic E-state index is 13.4. The fourth-order valence-electron chi connectivity index (χ4n) is 2.99. The molecule has 1 aromatic heterocycles. The molecule has 4 aromatic rings. The molecule has 0 radical (unpaired) electrons. The van der Waals surface area contributed by atoms with Gasteiger partial charge in [-0.05, 0) is 52.3 Å². The number of carboxylic acid groups (broad SMARTS) is 1. The number of aromatic nitrogens is 2. The van der Waals surface area contributed by atoms with Gasteiger partial charge in [-0.15, -0.1) is 0 Å². The zero-order valence-electron chi connectivity index (χ0n) is 14.3. The van der Waals surface area contributed by atoms with Gasteiger partial charge in [-0.1, -0.05) is 46.3 Å². The van der Waals surface area contributed by atoms with E-state index in [1.54, 1.807) is 18.2 Å². The van der Waals surface area contributed by atoms with E-state index in [4.69, 9.17) is 10.1 Å². The summed E-state index contributed by atoms with van der Waals surface area (Å²) in [5.41, 5.74) is 1.79. The fourth-order valence-corrected chi connectivity index (χ4v) is 4.30. The lowest BCUT2D eigenvalue weighted by molar-refractivity contribution is 0.0697. The predicted molar refractivity (Wildman–Crippen MR) is 115 cm³/mol. The highest BCUT2D eigenvalue weighted by Gasteiger charge is 2.17. The van der Waals surface area contributed by atoms with Crippen molar-refractivity contribution in [1.82, 2.24) is 9.55 Å². The first-order valence-electron chi connectivity index (χ1n) is 8.26. The van der Waals surface area contributed by atoms with Gasteiger partial charge in [-0.3, -0.25) is 9.36 Å². The highest BCUT2D eigenvalue weighted by atomic mass is 79.9. The van der Waals surface area contributed by atoms with Crippen LogP contribution in [0.4, 0.5) is 0 Å². The van der Waals surface area contributed by atoms with E-state index in [1.807, 2.05) is 36.4 Å². The van der Waals surface area contributed by atoms with Crippen LogP contribution < -0.4 is 5.56 Å². The molecular weight excluding hydrogens is 488 g/mol.